The summed E-state index contributed by atoms with van der Waals surface area (Å²) in [5, 5.41) is 0. The molecule has 1 aliphatic carbocycles. The smallest absolute Gasteiger partial charge is 0.220 e. The molecule has 1 saturated carbocycles. The lowest BCUT2D eigenvalue weighted by atomic mass is 9.87. The molecule has 4 N–H and O–H groups in total. The van der Waals surface area contributed by atoms with Crippen LogP contribution in [0.5, 0.6) is 17.2 Å². The molecular weight excluding hydrogens is 334 g/mol. The predicted molar refractivity (Wildman–Crippen MR) is 101 cm³/mol. The van der Waals surface area contributed by atoms with Gasteiger partial charge in [0.1, 0.15) is 5.66 Å². The Labute approximate surface area is 153 Å². The topological polar surface area (TPSA) is 108 Å². The van der Waals surface area contributed by atoms with E-state index in [0.717, 1.165) is 31.2 Å². The van der Waals surface area contributed by atoms with Crippen molar-refractivity contribution in [3.05, 3.63) is 17.7 Å². The number of methoxy groups -OCH3 is 3. The Morgan fingerprint density at radius 3 is 2.15 bits per heavy atom. The van der Waals surface area contributed by atoms with E-state index in [4.69, 9.17) is 25.7 Å². The molecule has 2 aliphatic rings. The van der Waals surface area contributed by atoms with Crippen molar-refractivity contribution in [3.63, 3.8) is 0 Å². The van der Waals surface area contributed by atoms with Gasteiger partial charge < -0.3 is 30.6 Å². The Bertz CT molecular complexity index is 701. The molecule has 0 amide bonds. The molecule has 1 fully saturated rings. The van der Waals surface area contributed by atoms with Crippen LogP contribution >= 0.6 is 0 Å². The highest BCUT2D eigenvalue weighted by atomic mass is 16.5. The molecule has 1 aromatic rings. The summed E-state index contributed by atoms with van der Waals surface area (Å²) in [6.07, 6.45) is 5.21. The van der Waals surface area contributed by atoms with Crippen LogP contribution in [-0.4, -0.2) is 43.8 Å². The molecule has 1 aliphatic heterocycles. The van der Waals surface area contributed by atoms with Gasteiger partial charge in [0.25, 0.3) is 0 Å². The average molecular weight is 361 g/mol. The van der Waals surface area contributed by atoms with Gasteiger partial charge in [-0.05, 0) is 43.4 Å². The van der Waals surface area contributed by atoms with Gasteiger partial charge in [-0.25, -0.2) is 4.99 Å². The number of guanidine groups is 2. The number of ether oxygens (including phenoxy) is 3. The molecule has 8 nitrogen and oxygen atoms in total. The van der Waals surface area contributed by atoms with Crippen LogP contribution in [0.3, 0.4) is 0 Å². The van der Waals surface area contributed by atoms with Crippen molar-refractivity contribution in [1.82, 2.24) is 4.90 Å². The summed E-state index contributed by atoms with van der Waals surface area (Å²) in [6, 6.07) is 3.85. The van der Waals surface area contributed by atoms with Crippen molar-refractivity contribution in [2.45, 2.75) is 44.3 Å². The van der Waals surface area contributed by atoms with Gasteiger partial charge in [0.05, 0.1) is 21.3 Å². The first kappa shape index (κ1) is 18.2. The SMILES string of the molecule is COc1cc(CN2C(N)=NC(N)=NC23CCCCC3)cc(OC)c1OC. The third-order valence-corrected chi connectivity index (χ3v) is 5.05. The molecule has 8 heteroatoms. The zero-order valence-corrected chi connectivity index (χ0v) is 15.6. The number of aliphatic imine (C=N–C) groups is 2. The molecule has 1 heterocycles. The van der Waals surface area contributed by atoms with Gasteiger partial charge in [0.2, 0.25) is 17.7 Å². The van der Waals surface area contributed by atoms with Crippen LogP contribution in [0.25, 0.3) is 0 Å². The van der Waals surface area contributed by atoms with E-state index in [-0.39, 0.29) is 5.96 Å². The monoisotopic (exact) mass is 361 g/mol. The molecule has 3 rings (SSSR count). The second kappa shape index (κ2) is 7.31. The van der Waals surface area contributed by atoms with Crippen LogP contribution < -0.4 is 25.7 Å². The van der Waals surface area contributed by atoms with Gasteiger partial charge in [0.15, 0.2) is 11.5 Å². The molecule has 0 unspecified atom stereocenters. The van der Waals surface area contributed by atoms with Gasteiger partial charge in [-0.2, -0.15) is 4.99 Å². The molecule has 1 aromatic carbocycles. The van der Waals surface area contributed by atoms with Crippen LogP contribution in [-0.2, 0) is 6.54 Å². The van der Waals surface area contributed by atoms with E-state index in [0.29, 0.717) is 29.8 Å². The molecule has 0 radical (unpaired) electrons. The summed E-state index contributed by atoms with van der Waals surface area (Å²) in [5.74, 6) is 2.43. The fraction of sp³-hybridized carbons (Fsp3) is 0.556. The van der Waals surface area contributed by atoms with Gasteiger partial charge in [-0.1, -0.05) is 6.42 Å². The minimum atomic E-state index is -0.422. The van der Waals surface area contributed by atoms with Crippen LogP contribution in [0.2, 0.25) is 0 Å². The number of nitrogens with zero attached hydrogens (tertiary/aromatic N) is 3. The second-order valence-corrected chi connectivity index (χ2v) is 6.60. The van der Waals surface area contributed by atoms with Crippen molar-refractivity contribution in [2.75, 3.05) is 21.3 Å². The van der Waals surface area contributed by atoms with Crippen molar-refractivity contribution < 1.29 is 14.2 Å². The fourth-order valence-electron chi connectivity index (χ4n) is 3.83. The van der Waals surface area contributed by atoms with Crippen LogP contribution in [0.1, 0.15) is 37.7 Å². The first-order valence-electron chi connectivity index (χ1n) is 8.79. The Morgan fingerprint density at radius 2 is 1.62 bits per heavy atom. The highest BCUT2D eigenvalue weighted by Gasteiger charge is 2.41. The maximum atomic E-state index is 6.25. The van der Waals surface area contributed by atoms with Crippen molar-refractivity contribution in [3.8, 4) is 17.2 Å². The number of benzene rings is 1. The highest BCUT2D eigenvalue weighted by Crippen LogP contribution is 2.41. The summed E-state index contributed by atoms with van der Waals surface area (Å²) in [7, 11) is 4.79. The lowest BCUT2D eigenvalue weighted by Gasteiger charge is -2.45. The molecular formula is C18H27N5O3. The van der Waals surface area contributed by atoms with E-state index in [2.05, 4.69) is 9.98 Å². The first-order valence-corrected chi connectivity index (χ1v) is 8.79. The summed E-state index contributed by atoms with van der Waals surface area (Å²) >= 11 is 0. The fourth-order valence-corrected chi connectivity index (χ4v) is 3.83. The lowest BCUT2D eigenvalue weighted by Crippen LogP contribution is -2.57. The maximum absolute atomic E-state index is 6.25. The van der Waals surface area contributed by atoms with Crippen molar-refractivity contribution in [2.24, 2.45) is 21.5 Å². The standard InChI is InChI=1S/C18H27N5O3/c1-24-13-9-12(10-14(25-2)15(13)26-3)11-23-17(20)21-16(19)22-18(23)7-5-4-6-8-18/h9-10H,4-8,11H2,1-3H3,(H4,19,20,21,22). The van der Waals surface area contributed by atoms with Crippen LogP contribution in [0.15, 0.2) is 22.1 Å². The number of hydrogen-bond donors (Lipinski definition) is 2. The minimum absolute atomic E-state index is 0.255. The van der Waals surface area contributed by atoms with Gasteiger partial charge in [0, 0.05) is 6.54 Å². The predicted octanol–water partition coefficient (Wildman–Crippen LogP) is 1.82. The molecule has 0 saturated heterocycles. The van der Waals surface area contributed by atoms with Gasteiger partial charge in [-0.15, -0.1) is 0 Å². The Hall–Kier alpha value is -2.64. The maximum Gasteiger partial charge on any atom is 0.220 e. The van der Waals surface area contributed by atoms with E-state index in [1.807, 2.05) is 17.0 Å². The molecule has 1 spiro atoms. The largest absolute Gasteiger partial charge is 0.493 e. The zero-order valence-electron chi connectivity index (χ0n) is 15.6. The zero-order chi connectivity index (χ0) is 18.7. The third-order valence-electron chi connectivity index (χ3n) is 5.05. The number of rotatable bonds is 5. The van der Waals surface area contributed by atoms with Crippen LogP contribution in [0, 0.1) is 0 Å². The van der Waals surface area contributed by atoms with E-state index < -0.39 is 5.66 Å². The Balaban J connectivity index is 1.97. The summed E-state index contributed by atoms with van der Waals surface area (Å²) in [6.45, 7) is 0.531. The first-order chi connectivity index (χ1) is 12.5. The van der Waals surface area contributed by atoms with E-state index >= 15 is 0 Å². The van der Waals surface area contributed by atoms with Crippen LogP contribution in [0.4, 0.5) is 0 Å². The molecule has 0 atom stereocenters. The minimum Gasteiger partial charge on any atom is -0.493 e. The quantitative estimate of drug-likeness (QED) is 0.828. The number of hydrogen-bond acceptors (Lipinski definition) is 8. The normalized spacial score (nSPS) is 19.0. The van der Waals surface area contributed by atoms with E-state index in [1.165, 1.54) is 6.42 Å². The van der Waals surface area contributed by atoms with Gasteiger partial charge >= 0.3 is 0 Å². The van der Waals surface area contributed by atoms with E-state index in [9.17, 15) is 0 Å². The molecule has 26 heavy (non-hydrogen) atoms. The van der Waals surface area contributed by atoms with Gasteiger partial charge in [-0.3, -0.25) is 0 Å². The summed E-state index contributed by atoms with van der Waals surface area (Å²) in [4.78, 5) is 10.9. The molecule has 0 bridgehead atoms. The van der Waals surface area contributed by atoms with E-state index in [1.54, 1.807) is 21.3 Å². The third kappa shape index (κ3) is 3.23. The molecule has 0 aromatic heterocycles. The second-order valence-electron chi connectivity index (χ2n) is 6.60. The molecule has 142 valence electrons. The Morgan fingerprint density at radius 1 is 1.00 bits per heavy atom. The van der Waals surface area contributed by atoms with Crippen molar-refractivity contribution in [1.29, 1.82) is 0 Å². The Kier molecular flexibility index (Phi) is 5.11. The average Bonchev–Trinajstić information content (AvgIpc) is 2.64. The van der Waals surface area contributed by atoms with Crippen molar-refractivity contribution >= 4 is 11.9 Å². The number of nitrogens with two attached hydrogens (primary N) is 2. The lowest BCUT2D eigenvalue weighted by molar-refractivity contribution is 0.114. The summed E-state index contributed by atoms with van der Waals surface area (Å²) in [5.41, 5.74) is 12.7. The summed E-state index contributed by atoms with van der Waals surface area (Å²) < 4.78 is 16.3. The highest BCUT2D eigenvalue weighted by molar-refractivity contribution is 5.95.